The van der Waals surface area contributed by atoms with Crippen molar-refractivity contribution < 1.29 is 19.2 Å². The predicted molar refractivity (Wildman–Crippen MR) is 97.0 cm³/mol. The van der Waals surface area contributed by atoms with E-state index in [0.29, 0.717) is 11.3 Å². The Kier molecular flexibility index (Phi) is 4.35. The van der Waals surface area contributed by atoms with E-state index in [9.17, 15) is 19.2 Å². The normalized spacial score (nSPS) is 21.1. The Morgan fingerprint density at radius 2 is 1.88 bits per heavy atom. The van der Waals surface area contributed by atoms with Gasteiger partial charge in [0.1, 0.15) is 0 Å². The number of imide groups is 1. The van der Waals surface area contributed by atoms with Gasteiger partial charge in [0.05, 0.1) is 5.69 Å². The number of nitrogens with zero attached hydrogens (tertiary/aromatic N) is 3. The number of rotatable bonds is 1. The molecule has 1 aromatic rings. The van der Waals surface area contributed by atoms with Crippen molar-refractivity contribution in [3.05, 3.63) is 29.3 Å². The van der Waals surface area contributed by atoms with Gasteiger partial charge in [-0.05, 0) is 35.9 Å². The first-order valence-electron chi connectivity index (χ1n) is 8.07. The number of hydrogen-bond acceptors (Lipinski definition) is 6. The summed E-state index contributed by atoms with van der Waals surface area (Å²) in [5.41, 5.74) is 1.90. The van der Waals surface area contributed by atoms with Gasteiger partial charge in [-0.3, -0.25) is 19.2 Å². The van der Waals surface area contributed by atoms with Crippen LogP contribution in [-0.2, 0) is 30.5 Å². The topological polar surface area (TPSA) is 99.2 Å². The van der Waals surface area contributed by atoms with Gasteiger partial charge in [0.15, 0.2) is 5.17 Å². The minimum Gasteiger partial charge on any atom is -0.304 e. The van der Waals surface area contributed by atoms with Crippen molar-refractivity contribution in [2.24, 2.45) is 5.10 Å². The highest BCUT2D eigenvalue weighted by atomic mass is 32.2. The van der Waals surface area contributed by atoms with Gasteiger partial charge in [-0.2, -0.15) is 5.01 Å². The zero-order chi connectivity index (χ0) is 19.2. The molecule has 0 radical (unpaired) electrons. The van der Waals surface area contributed by atoms with Crippen LogP contribution in [0, 0.1) is 0 Å². The van der Waals surface area contributed by atoms with Crippen LogP contribution < -0.4 is 10.2 Å². The lowest BCUT2D eigenvalue weighted by Crippen LogP contribution is -2.49. The third-order valence-electron chi connectivity index (χ3n) is 4.20. The molecule has 4 amide bonds. The van der Waals surface area contributed by atoms with Gasteiger partial charge in [0.2, 0.25) is 22.6 Å². The van der Waals surface area contributed by atoms with Crippen LogP contribution in [0.1, 0.15) is 38.8 Å². The first kappa shape index (κ1) is 18.1. The molecule has 2 aliphatic heterocycles. The molecule has 26 heavy (non-hydrogen) atoms. The number of hydrogen-bond donors (Lipinski definition) is 1. The Hall–Kier alpha value is -2.68. The highest BCUT2D eigenvalue weighted by molar-refractivity contribution is 8.15. The molecule has 2 aliphatic rings. The minimum atomic E-state index is -1.53. The average molecular weight is 374 g/mol. The van der Waals surface area contributed by atoms with E-state index in [2.05, 4.69) is 10.4 Å². The van der Waals surface area contributed by atoms with Crippen molar-refractivity contribution in [2.75, 3.05) is 4.90 Å². The second-order valence-electron chi connectivity index (χ2n) is 6.03. The summed E-state index contributed by atoms with van der Waals surface area (Å²) < 4.78 is 0. The number of aryl methyl sites for hydroxylation is 1. The Balaban J connectivity index is 2.23. The molecule has 0 bridgehead atoms. The Labute approximate surface area is 154 Å². The first-order chi connectivity index (χ1) is 12.2. The molecule has 136 valence electrons. The fraction of sp³-hybridized carbons (Fsp3) is 0.353. The zero-order valence-electron chi connectivity index (χ0n) is 14.8. The van der Waals surface area contributed by atoms with Crippen molar-refractivity contribution in [1.82, 2.24) is 10.3 Å². The lowest BCUT2D eigenvalue weighted by atomic mass is 10.0. The number of fused-ring (bicyclic) bond motifs is 2. The van der Waals surface area contributed by atoms with Crippen molar-refractivity contribution in [1.29, 1.82) is 0 Å². The van der Waals surface area contributed by atoms with Gasteiger partial charge in [-0.15, -0.1) is 5.10 Å². The van der Waals surface area contributed by atoms with E-state index in [4.69, 9.17) is 0 Å². The number of hydrazone groups is 1. The number of carbonyl (C=O) groups is 4. The molecular formula is C17H18N4O4S. The minimum absolute atomic E-state index is 0.138. The van der Waals surface area contributed by atoms with E-state index < -0.39 is 22.6 Å². The van der Waals surface area contributed by atoms with Crippen LogP contribution in [-0.4, -0.2) is 33.8 Å². The fourth-order valence-corrected chi connectivity index (χ4v) is 4.42. The lowest BCUT2D eigenvalue weighted by Gasteiger charge is -2.29. The molecule has 0 unspecified atom stereocenters. The average Bonchev–Trinajstić information content (AvgIpc) is 3.04. The third kappa shape index (κ3) is 2.50. The summed E-state index contributed by atoms with van der Waals surface area (Å²) in [5.74, 6) is -1.86. The molecule has 8 nitrogen and oxygen atoms in total. The largest absolute Gasteiger partial charge is 0.304 e. The molecule has 1 spiro atoms. The van der Waals surface area contributed by atoms with Gasteiger partial charge >= 0.3 is 0 Å². The SMILES string of the molecule is CCc1ccc2c(c1)[C@]1(SC(NC(C)=O)=NN1C(C)=O)C(=O)N2C(C)=O. The van der Waals surface area contributed by atoms with Crippen LogP contribution in [0.3, 0.4) is 0 Å². The van der Waals surface area contributed by atoms with E-state index >= 15 is 0 Å². The van der Waals surface area contributed by atoms with Crippen LogP contribution in [0.4, 0.5) is 5.69 Å². The Morgan fingerprint density at radius 3 is 2.42 bits per heavy atom. The maximum atomic E-state index is 13.3. The summed E-state index contributed by atoms with van der Waals surface area (Å²) in [4.78, 5) is 48.6. The summed E-state index contributed by atoms with van der Waals surface area (Å²) in [5, 5.41) is 7.85. The number of anilines is 1. The van der Waals surface area contributed by atoms with Crippen LogP contribution in [0.25, 0.3) is 0 Å². The van der Waals surface area contributed by atoms with Gasteiger partial charge in [-0.1, -0.05) is 13.0 Å². The number of carbonyl (C=O) groups excluding carboxylic acids is 4. The molecule has 2 heterocycles. The first-order valence-corrected chi connectivity index (χ1v) is 8.88. The molecule has 9 heteroatoms. The smallest absolute Gasteiger partial charge is 0.277 e. The summed E-state index contributed by atoms with van der Waals surface area (Å²) in [7, 11) is 0. The van der Waals surface area contributed by atoms with E-state index in [1.807, 2.05) is 19.1 Å². The van der Waals surface area contributed by atoms with Crippen LogP contribution in [0.2, 0.25) is 0 Å². The molecule has 1 aromatic carbocycles. The lowest BCUT2D eigenvalue weighted by molar-refractivity contribution is -0.140. The monoisotopic (exact) mass is 374 g/mol. The van der Waals surface area contributed by atoms with Crippen molar-refractivity contribution in [3.8, 4) is 0 Å². The standard InChI is InChI=1S/C17H18N4O4S/c1-5-12-6-7-14-13(8-12)17(15(25)20(14)10(3)23)21(11(4)24)19-16(26-17)18-9(2)22/h6-8H,5H2,1-4H3,(H,18,19,22)/t17-/m0/s1. The molecule has 1 atom stereocenters. The van der Waals surface area contributed by atoms with E-state index in [1.165, 1.54) is 20.8 Å². The van der Waals surface area contributed by atoms with Crippen LogP contribution in [0.15, 0.2) is 23.3 Å². The summed E-state index contributed by atoms with van der Waals surface area (Å²) >= 11 is 0.956. The van der Waals surface area contributed by atoms with E-state index in [-0.39, 0.29) is 11.1 Å². The molecule has 0 aromatic heterocycles. The third-order valence-corrected chi connectivity index (χ3v) is 5.44. The second kappa shape index (κ2) is 6.24. The zero-order valence-corrected chi connectivity index (χ0v) is 15.6. The number of thioether (sulfide) groups is 1. The van der Waals surface area contributed by atoms with Gasteiger partial charge in [0.25, 0.3) is 5.91 Å². The van der Waals surface area contributed by atoms with E-state index in [1.54, 1.807) is 6.07 Å². The van der Waals surface area contributed by atoms with Gasteiger partial charge < -0.3 is 5.32 Å². The highest BCUT2D eigenvalue weighted by Crippen LogP contribution is 2.54. The van der Waals surface area contributed by atoms with Gasteiger partial charge in [-0.25, -0.2) is 4.90 Å². The molecule has 0 fully saturated rings. The summed E-state index contributed by atoms with van der Waals surface area (Å²) in [6.07, 6.45) is 0.724. The number of benzene rings is 1. The number of nitrogens with one attached hydrogen (secondary N) is 1. The van der Waals surface area contributed by atoms with Crippen LogP contribution in [0.5, 0.6) is 0 Å². The Bertz CT molecular complexity index is 882. The van der Waals surface area contributed by atoms with Crippen molar-refractivity contribution in [3.63, 3.8) is 0 Å². The second-order valence-corrected chi connectivity index (χ2v) is 7.21. The number of amides is 4. The fourth-order valence-electron chi connectivity index (χ4n) is 3.12. The predicted octanol–water partition coefficient (Wildman–Crippen LogP) is 1.30. The molecule has 0 saturated carbocycles. The quantitative estimate of drug-likeness (QED) is 0.799. The Morgan fingerprint density at radius 1 is 1.19 bits per heavy atom. The van der Waals surface area contributed by atoms with Crippen molar-refractivity contribution in [2.45, 2.75) is 39.0 Å². The molecule has 1 N–H and O–H groups in total. The molecule has 0 aliphatic carbocycles. The van der Waals surface area contributed by atoms with Gasteiger partial charge in [0, 0.05) is 26.3 Å². The maximum Gasteiger partial charge on any atom is 0.277 e. The molecule has 0 saturated heterocycles. The molecular weight excluding hydrogens is 356 g/mol. The summed E-state index contributed by atoms with van der Waals surface area (Å²) in [6.45, 7) is 5.86. The number of amidine groups is 1. The highest BCUT2D eigenvalue weighted by Gasteiger charge is 2.62. The van der Waals surface area contributed by atoms with Crippen molar-refractivity contribution >= 4 is 46.2 Å². The summed E-state index contributed by atoms with van der Waals surface area (Å²) in [6, 6.07) is 5.36. The maximum absolute atomic E-state index is 13.3. The molecule has 3 rings (SSSR count). The van der Waals surface area contributed by atoms with E-state index in [0.717, 1.165) is 33.7 Å². The van der Waals surface area contributed by atoms with Crippen LogP contribution >= 0.6 is 11.8 Å².